The van der Waals surface area contributed by atoms with E-state index in [1.54, 1.807) is 6.07 Å². The van der Waals surface area contributed by atoms with E-state index in [1.165, 1.54) is 38.5 Å². The van der Waals surface area contributed by atoms with Crippen molar-refractivity contribution in [1.82, 2.24) is 0 Å². The standard InChI is InChI=1S/C14H22O.Sn/c1-2-3-4-5-6-7-10-13-11-8-9-12-14(13)15;/h8-9,11-12,15H,2-7,10H2,1H3;. The maximum absolute atomic E-state index is 9.55. The van der Waals surface area contributed by atoms with Gasteiger partial charge in [-0.3, -0.25) is 0 Å². The Morgan fingerprint density at radius 2 is 1.56 bits per heavy atom. The Bertz CT molecular complexity index is 273. The fourth-order valence-electron chi connectivity index (χ4n) is 1.82. The minimum absolute atomic E-state index is 0. The van der Waals surface area contributed by atoms with Gasteiger partial charge >= 0.3 is 0 Å². The molecule has 4 radical (unpaired) electrons. The van der Waals surface area contributed by atoms with Gasteiger partial charge in [-0.1, -0.05) is 57.2 Å². The summed E-state index contributed by atoms with van der Waals surface area (Å²) in [4.78, 5) is 0. The van der Waals surface area contributed by atoms with Crippen LogP contribution >= 0.6 is 0 Å². The van der Waals surface area contributed by atoms with Crippen molar-refractivity contribution >= 4 is 23.9 Å². The third kappa shape index (κ3) is 6.41. The van der Waals surface area contributed by atoms with Gasteiger partial charge in [-0.2, -0.15) is 0 Å². The number of unbranched alkanes of at least 4 members (excludes halogenated alkanes) is 5. The van der Waals surface area contributed by atoms with Crippen molar-refractivity contribution in [3.8, 4) is 5.75 Å². The van der Waals surface area contributed by atoms with Crippen LogP contribution in [-0.2, 0) is 6.42 Å². The van der Waals surface area contributed by atoms with Crippen molar-refractivity contribution in [3.05, 3.63) is 29.8 Å². The first-order chi connectivity index (χ1) is 7.34. The predicted molar refractivity (Wildman–Crippen MR) is 70.9 cm³/mol. The number of benzene rings is 1. The first-order valence-electron chi connectivity index (χ1n) is 6.11. The fraction of sp³-hybridized carbons (Fsp3) is 0.571. The number of hydrogen-bond acceptors (Lipinski definition) is 1. The molecule has 88 valence electrons. The number of aromatic hydroxyl groups is 1. The Hall–Kier alpha value is -0.181. The van der Waals surface area contributed by atoms with Gasteiger partial charge in [0.1, 0.15) is 5.75 Å². The van der Waals surface area contributed by atoms with E-state index >= 15 is 0 Å². The molecule has 1 rings (SSSR count). The fourth-order valence-corrected chi connectivity index (χ4v) is 1.82. The Morgan fingerprint density at radius 1 is 0.938 bits per heavy atom. The average Bonchev–Trinajstić information content (AvgIpc) is 2.25. The van der Waals surface area contributed by atoms with E-state index in [1.807, 2.05) is 18.2 Å². The number of aryl methyl sites for hydroxylation is 1. The van der Waals surface area contributed by atoms with Crippen LogP contribution in [0.4, 0.5) is 0 Å². The van der Waals surface area contributed by atoms with Crippen molar-refractivity contribution in [2.45, 2.75) is 51.9 Å². The molecule has 0 unspecified atom stereocenters. The molecule has 1 N–H and O–H groups in total. The summed E-state index contributed by atoms with van der Waals surface area (Å²) in [5.74, 6) is 0.450. The Balaban J connectivity index is 0.00000225. The molecule has 1 aromatic rings. The molecule has 0 heterocycles. The SMILES string of the molecule is CCCCCCCCc1ccccc1O.[Sn]. The van der Waals surface area contributed by atoms with Gasteiger partial charge < -0.3 is 5.11 Å². The summed E-state index contributed by atoms with van der Waals surface area (Å²) in [6, 6.07) is 7.65. The van der Waals surface area contributed by atoms with Crippen molar-refractivity contribution in [2.75, 3.05) is 0 Å². The summed E-state index contributed by atoms with van der Waals surface area (Å²) in [5.41, 5.74) is 1.09. The Kier molecular flexibility index (Phi) is 9.89. The van der Waals surface area contributed by atoms with Crippen LogP contribution in [0.2, 0.25) is 0 Å². The first-order valence-corrected chi connectivity index (χ1v) is 6.11. The molecule has 0 bridgehead atoms. The topological polar surface area (TPSA) is 20.2 Å². The molecule has 1 aromatic carbocycles. The van der Waals surface area contributed by atoms with E-state index < -0.39 is 0 Å². The molecule has 0 aliphatic carbocycles. The number of phenols is 1. The van der Waals surface area contributed by atoms with Gasteiger partial charge in [0.2, 0.25) is 0 Å². The second-order valence-electron chi connectivity index (χ2n) is 4.15. The zero-order valence-corrected chi connectivity index (χ0v) is 13.1. The molecular formula is C14H22OSn. The number of hydrogen-bond donors (Lipinski definition) is 1. The van der Waals surface area contributed by atoms with Crippen molar-refractivity contribution < 1.29 is 5.11 Å². The minimum atomic E-state index is 0. The molecule has 0 aromatic heterocycles. The normalized spacial score (nSPS) is 9.81. The summed E-state index contributed by atoms with van der Waals surface area (Å²) < 4.78 is 0. The van der Waals surface area contributed by atoms with Gasteiger partial charge in [-0.05, 0) is 24.5 Å². The van der Waals surface area contributed by atoms with Gasteiger partial charge in [0.15, 0.2) is 0 Å². The first kappa shape index (κ1) is 15.8. The zero-order chi connectivity index (χ0) is 10.9. The second kappa shape index (κ2) is 10.0. The van der Waals surface area contributed by atoms with Gasteiger partial charge in [-0.15, -0.1) is 0 Å². The molecule has 0 aliphatic heterocycles. The van der Waals surface area contributed by atoms with Crippen LogP contribution in [0.5, 0.6) is 5.75 Å². The van der Waals surface area contributed by atoms with Crippen LogP contribution in [0.15, 0.2) is 24.3 Å². The maximum atomic E-state index is 9.55. The third-order valence-corrected chi connectivity index (χ3v) is 2.79. The Morgan fingerprint density at radius 3 is 2.25 bits per heavy atom. The van der Waals surface area contributed by atoms with Crippen LogP contribution in [0.25, 0.3) is 0 Å². The van der Waals surface area contributed by atoms with Crippen LogP contribution in [0.3, 0.4) is 0 Å². The summed E-state index contributed by atoms with van der Waals surface area (Å²) in [7, 11) is 0. The summed E-state index contributed by atoms with van der Waals surface area (Å²) >= 11 is 0. The predicted octanol–water partition coefficient (Wildman–Crippen LogP) is 3.91. The molecular weight excluding hydrogens is 303 g/mol. The number of rotatable bonds is 7. The van der Waals surface area contributed by atoms with Crippen molar-refractivity contribution in [3.63, 3.8) is 0 Å². The Labute approximate surface area is 116 Å². The van der Waals surface area contributed by atoms with Crippen LogP contribution < -0.4 is 0 Å². The third-order valence-electron chi connectivity index (χ3n) is 2.79. The van der Waals surface area contributed by atoms with E-state index in [4.69, 9.17) is 0 Å². The maximum Gasteiger partial charge on any atom is 0.118 e. The number of phenolic OH excluding ortho intramolecular Hbond substituents is 1. The molecule has 16 heavy (non-hydrogen) atoms. The summed E-state index contributed by atoms with van der Waals surface area (Å²) in [6.45, 7) is 2.24. The van der Waals surface area contributed by atoms with Gasteiger partial charge in [0.25, 0.3) is 0 Å². The summed E-state index contributed by atoms with van der Waals surface area (Å²) in [5, 5.41) is 9.55. The van der Waals surface area contributed by atoms with E-state index in [0.29, 0.717) is 5.75 Å². The monoisotopic (exact) mass is 326 g/mol. The van der Waals surface area contributed by atoms with Gasteiger partial charge in [0, 0.05) is 23.9 Å². The van der Waals surface area contributed by atoms with Crippen LogP contribution in [0.1, 0.15) is 51.0 Å². The molecule has 0 atom stereocenters. The van der Waals surface area contributed by atoms with E-state index in [2.05, 4.69) is 6.92 Å². The molecule has 0 saturated carbocycles. The zero-order valence-electron chi connectivity index (χ0n) is 10.2. The van der Waals surface area contributed by atoms with Gasteiger partial charge in [-0.25, -0.2) is 0 Å². The molecule has 0 aliphatic rings. The van der Waals surface area contributed by atoms with E-state index in [9.17, 15) is 5.11 Å². The van der Waals surface area contributed by atoms with E-state index in [-0.39, 0.29) is 23.9 Å². The van der Waals surface area contributed by atoms with Crippen LogP contribution in [0, 0.1) is 0 Å². The van der Waals surface area contributed by atoms with Crippen molar-refractivity contribution in [2.24, 2.45) is 0 Å². The molecule has 2 heteroatoms. The van der Waals surface area contributed by atoms with Crippen LogP contribution in [-0.4, -0.2) is 29.0 Å². The molecule has 0 fully saturated rings. The number of para-hydroxylation sites is 1. The smallest absolute Gasteiger partial charge is 0.118 e. The average molecular weight is 325 g/mol. The molecule has 0 saturated heterocycles. The quantitative estimate of drug-likeness (QED) is 0.595. The van der Waals surface area contributed by atoms with E-state index in [0.717, 1.165) is 12.0 Å². The molecule has 0 spiro atoms. The summed E-state index contributed by atoms with van der Waals surface area (Å²) in [6.07, 6.45) is 8.85. The largest absolute Gasteiger partial charge is 0.508 e. The minimum Gasteiger partial charge on any atom is -0.508 e. The molecule has 1 nitrogen and oxygen atoms in total. The van der Waals surface area contributed by atoms with Crippen molar-refractivity contribution in [1.29, 1.82) is 0 Å². The molecule has 0 amide bonds. The second-order valence-corrected chi connectivity index (χ2v) is 4.15. The van der Waals surface area contributed by atoms with Gasteiger partial charge in [0.05, 0.1) is 0 Å².